The van der Waals surface area contributed by atoms with Crippen LogP contribution in [0, 0.1) is 0 Å². The van der Waals surface area contributed by atoms with Crippen LogP contribution >= 0.6 is 0 Å². The van der Waals surface area contributed by atoms with Crippen molar-refractivity contribution < 1.29 is 14.2 Å². The van der Waals surface area contributed by atoms with E-state index in [0.717, 1.165) is 5.75 Å². The largest absolute Gasteiger partial charge is 0.497 e. The molecule has 1 rings (SSSR count). The molecule has 0 aromatic heterocycles. The number of methoxy groups -OCH3 is 1. The lowest BCUT2D eigenvalue weighted by molar-refractivity contribution is 0.180. The smallest absolute Gasteiger partial charge is 0.129 e. The molecule has 15 heavy (non-hydrogen) atoms. The average Bonchev–Trinajstić information content (AvgIpc) is 2.29. The summed E-state index contributed by atoms with van der Waals surface area (Å²) < 4.78 is 18.2. The fraction of sp³-hybridized carbons (Fsp3) is 0.333. The lowest BCUT2D eigenvalue weighted by atomic mass is 10.1. The number of halogens is 1. The van der Waals surface area contributed by atoms with Gasteiger partial charge in [-0.2, -0.15) is 0 Å². The highest BCUT2D eigenvalue weighted by Gasteiger charge is 2.06. The number of hydrogen-bond donors (Lipinski definition) is 1. The Morgan fingerprint density at radius 2 is 2.07 bits per heavy atom. The van der Waals surface area contributed by atoms with Crippen molar-refractivity contribution in [3.63, 3.8) is 0 Å². The van der Waals surface area contributed by atoms with Gasteiger partial charge in [-0.3, -0.25) is 0 Å². The molecule has 3 heteroatoms. The van der Waals surface area contributed by atoms with Gasteiger partial charge < -0.3 is 9.84 Å². The molecule has 0 bridgehead atoms. The molecular weight excluding hydrogens is 195 g/mol. The fourth-order valence-corrected chi connectivity index (χ4v) is 1.15. The first-order chi connectivity index (χ1) is 7.17. The van der Waals surface area contributed by atoms with Gasteiger partial charge in [-0.05, 0) is 30.2 Å². The maximum absolute atomic E-state index is 13.2. The van der Waals surface area contributed by atoms with E-state index in [1.165, 1.54) is 6.08 Å². The molecule has 1 aromatic rings. The van der Waals surface area contributed by atoms with E-state index >= 15 is 0 Å². The highest BCUT2D eigenvalue weighted by molar-refractivity contribution is 5.53. The van der Waals surface area contributed by atoms with Crippen LogP contribution in [0.4, 0.5) is 4.39 Å². The maximum atomic E-state index is 13.2. The second-order valence-corrected chi connectivity index (χ2v) is 3.23. The van der Waals surface area contributed by atoms with Crippen LogP contribution in [0.5, 0.6) is 5.75 Å². The molecule has 82 valence electrons. The van der Waals surface area contributed by atoms with E-state index < -0.39 is 11.9 Å². The number of aliphatic hydroxyl groups is 1. The van der Waals surface area contributed by atoms with Crippen molar-refractivity contribution in [3.05, 3.63) is 35.7 Å². The molecule has 0 heterocycles. The van der Waals surface area contributed by atoms with Crippen LogP contribution in [0.1, 0.15) is 18.9 Å². The zero-order chi connectivity index (χ0) is 11.3. The van der Waals surface area contributed by atoms with Gasteiger partial charge in [-0.15, -0.1) is 0 Å². The molecule has 1 unspecified atom stereocenters. The molecule has 0 radical (unpaired) electrons. The Kier molecular flexibility index (Phi) is 4.31. The van der Waals surface area contributed by atoms with E-state index in [1.54, 1.807) is 38.3 Å². The van der Waals surface area contributed by atoms with Gasteiger partial charge in [-0.25, -0.2) is 4.39 Å². The first-order valence-electron chi connectivity index (χ1n) is 4.86. The molecule has 1 atom stereocenters. The van der Waals surface area contributed by atoms with Crippen molar-refractivity contribution in [2.75, 3.05) is 7.11 Å². The molecule has 0 saturated carbocycles. The van der Waals surface area contributed by atoms with Gasteiger partial charge >= 0.3 is 0 Å². The summed E-state index contributed by atoms with van der Waals surface area (Å²) in [6, 6.07) is 6.97. The highest BCUT2D eigenvalue weighted by atomic mass is 19.1. The molecular formula is C12H15FO2. The molecule has 0 amide bonds. The average molecular weight is 210 g/mol. The lowest BCUT2D eigenvalue weighted by Gasteiger charge is -2.04. The standard InChI is InChI=1S/C12H15FO2/c1-3-12(14)11(13)8-9-4-6-10(15-2)7-5-9/h4-8,12,14H,3H2,1-2H3/b11-8-. The number of aliphatic hydroxyl groups excluding tert-OH is 1. The number of ether oxygens (including phenoxy) is 1. The van der Waals surface area contributed by atoms with E-state index in [2.05, 4.69) is 0 Å². The first-order valence-corrected chi connectivity index (χ1v) is 4.86. The SMILES string of the molecule is CCC(O)/C(F)=C/c1ccc(OC)cc1. The number of rotatable bonds is 4. The Morgan fingerprint density at radius 3 is 2.53 bits per heavy atom. The summed E-state index contributed by atoms with van der Waals surface area (Å²) in [5.41, 5.74) is 0.709. The van der Waals surface area contributed by atoms with Crippen LogP contribution in [-0.2, 0) is 0 Å². The van der Waals surface area contributed by atoms with Crippen molar-refractivity contribution >= 4 is 6.08 Å². The van der Waals surface area contributed by atoms with Crippen molar-refractivity contribution in [2.45, 2.75) is 19.4 Å². The van der Waals surface area contributed by atoms with Crippen LogP contribution < -0.4 is 4.74 Å². The third-order valence-corrected chi connectivity index (χ3v) is 2.13. The molecule has 0 aliphatic heterocycles. The van der Waals surface area contributed by atoms with Crippen LogP contribution in [0.25, 0.3) is 6.08 Å². The first kappa shape index (κ1) is 11.7. The Morgan fingerprint density at radius 1 is 1.47 bits per heavy atom. The molecule has 0 saturated heterocycles. The minimum absolute atomic E-state index is 0.374. The van der Waals surface area contributed by atoms with Gasteiger partial charge in [0.1, 0.15) is 17.7 Å². The van der Waals surface area contributed by atoms with Gasteiger partial charge in [0, 0.05) is 0 Å². The number of benzene rings is 1. The van der Waals surface area contributed by atoms with Crippen LogP contribution in [0.2, 0.25) is 0 Å². The predicted octanol–water partition coefficient (Wildman–Crippen LogP) is 2.78. The Balaban J connectivity index is 2.79. The highest BCUT2D eigenvalue weighted by Crippen LogP contribution is 2.16. The molecule has 0 spiro atoms. The zero-order valence-electron chi connectivity index (χ0n) is 8.90. The van der Waals surface area contributed by atoms with E-state index in [1.807, 2.05) is 0 Å². The summed E-state index contributed by atoms with van der Waals surface area (Å²) in [5, 5.41) is 9.22. The number of hydrogen-bond acceptors (Lipinski definition) is 2. The second kappa shape index (κ2) is 5.51. The Labute approximate surface area is 89.0 Å². The fourth-order valence-electron chi connectivity index (χ4n) is 1.15. The summed E-state index contributed by atoms with van der Waals surface area (Å²) >= 11 is 0. The molecule has 1 N–H and O–H groups in total. The van der Waals surface area contributed by atoms with Gasteiger partial charge in [0.15, 0.2) is 0 Å². The molecule has 1 aromatic carbocycles. The van der Waals surface area contributed by atoms with Gasteiger partial charge in [-0.1, -0.05) is 19.1 Å². The van der Waals surface area contributed by atoms with Gasteiger partial charge in [0.2, 0.25) is 0 Å². The third kappa shape index (κ3) is 3.36. The minimum atomic E-state index is -1.01. The molecule has 2 nitrogen and oxygen atoms in total. The predicted molar refractivity (Wildman–Crippen MR) is 58.4 cm³/mol. The second-order valence-electron chi connectivity index (χ2n) is 3.23. The lowest BCUT2D eigenvalue weighted by Crippen LogP contribution is -2.04. The molecule has 0 aliphatic rings. The van der Waals surface area contributed by atoms with Crippen molar-refractivity contribution in [1.82, 2.24) is 0 Å². The van der Waals surface area contributed by atoms with Crippen molar-refractivity contribution in [2.24, 2.45) is 0 Å². The summed E-state index contributed by atoms with van der Waals surface area (Å²) in [6.45, 7) is 1.73. The normalized spacial score (nSPS) is 13.7. The van der Waals surface area contributed by atoms with E-state index in [4.69, 9.17) is 4.74 Å². The summed E-state index contributed by atoms with van der Waals surface area (Å²) in [7, 11) is 1.58. The van der Waals surface area contributed by atoms with Crippen LogP contribution in [0.15, 0.2) is 30.1 Å². The Hall–Kier alpha value is -1.35. The molecule has 0 fully saturated rings. The monoisotopic (exact) mass is 210 g/mol. The van der Waals surface area contributed by atoms with Crippen LogP contribution in [-0.4, -0.2) is 18.3 Å². The summed E-state index contributed by atoms with van der Waals surface area (Å²) in [5.74, 6) is 0.214. The van der Waals surface area contributed by atoms with Crippen molar-refractivity contribution in [1.29, 1.82) is 0 Å². The summed E-state index contributed by atoms with van der Waals surface area (Å²) in [6.07, 6.45) is 0.693. The topological polar surface area (TPSA) is 29.5 Å². The summed E-state index contributed by atoms with van der Waals surface area (Å²) in [4.78, 5) is 0. The molecule has 0 aliphatic carbocycles. The quantitative estimate of drug-likeness (QED) is 0.828. The van der Waals surface area contributed by atoms with Crippen molar-refractivity contribution in [3.8, 4) is 5.75 Å². The third-order valence-electron chi connectivity index (χ3n) is 2.13. The minimum Gasteiger partial charge on any atom is -0.497 e. The van der Waals surface area contributed by atoms with E-state index in [-0.39, 0.29) is 0 Å². The van der Waals surface area contributed by atoms with E-state index in [0.29, 0.717) is 12.0 Å². The van der Waals surface area contributed by atoms with Gasteiger partial charge in [0.25, 0.3) is 0 Å². The zero-order valence-corrected chi connectivity index (χ0v) is 8.90. The Bertz CT molecular complexity index is 330. The van der Waals surface area contributed by atoms with Gasteiger partial charge in [0.05, 0.1) is 7.11 Å². The maximum Gasteiger partial charge on any atom is 0.129 e. The van der Waals surface area contributed by atoms with E-state index in [9.17, 15) is 9.50 Å². The van der Waals surface area contributed by atoms with Crippen LogP contribution in [0.3, 0.4) is 0 Å².